The van der Waals surface area contributed by atoms with E-state index in [2.05, 4.69) is 10.6 Å². The zero-order valence-electron chi connectivity index (χ0n) is 6.72. The van der Waals surface area contributed by atoms with Crippen LogP contribution in [0, 0.1) is 5.92 Å². The van der Waals surface area contributed by atoms with E-state index in [4.69, 9.17) is 0 Å². The molecule has 1 heterocycles. The average molecular weight is 174 g/mol. The Balaban J connectivity index is 2.06. The molecule has 0 bridgehead atoms. The third-order valence-electron chi connectivity index (χ3n) is 1.80. The first kappa shape index (κ1) is 8.71. The third-order valence-corrected chi connectivity index (χ3v) is 3.03. The molecule has 3 nitrogen and oxygen atoms in total. The van der Waals surface area contributed by atoms with E-state index in [0.717, 1.165) is 6.54 Å². The van der Waals surface area contributed by atoms with Gasteiger partial charge in [-0.25, -0.2) is 4.79 Å². The Morgan fingerprint density at radius 2 is 2.55 bits per heavy atom. The molecule has 1 rings (SSSR count). The van der Waals surface area contributed by atoms with E-state index in [9.17, 15) is 4.79 Å². The van der Waals surface area contributed by atoms with Crippen molar-refractivity contribution in [2.24, 2.45) is 5.92 Å². The van der Waals surface area contributed by atoms with Crippen molar-refractivity contribution in [1.29, 1.82) is 0 Å². The summed E-state index contributed by atoms with van der Waals surface area (Å²) in [6.45, 7) is 0.826. The number of rotatable bonds is 2. The third kappa shape index (κ3) is 3.01. The molecule has 0 aromatic heterocycles. The summed E-state index contributed by atoms with van der Waals surface area (Å²) >= 11 is 1.97. The highest BCUT2D eigenvalue weighted by molar-refractivity contribution is 7.99. The molecule has 1 saturated heterocycles. The zero-order valence-corrected chi connectivity index (χ0v) is 7.54. The zero-order chi connectivity index (χ0) is 8.10. The van der Waals surface area contributed by atoms with Gasteiger partial charge < -0.3 is 10.6 Å². The molecule has 1 aliphatic rings. The highest BCUT2D eigenvalue weighted by Gasteiger charge is 2.15. The van der Waals surface area contributed by atoms with Gasteiger partial charge in [0.05, 0.1) is 0 Å². The molecule has 2 amide bonds. The van der Waals surface area contributed by atoms with E-state index in [1.54, 1.807) is 7.05 Å². The fourth-order valence-corrected chi connectivity index (χ4v) is 2.35. The minimum Gasteiger partial charge on any atom is -0.341 e. The summed E-state index contributed by atoms with van der Waals surface area (Å²) in [6.07, 6.45) is 1.24. The van der Waals surface area contributed by atoms with E-state index in [0.29, 0.717) is 5.92 Å². The summed E-state index contributed by atoms with van der Waals surface area (Å²) < 4.78 is 0. The SMILES string of the molecule is CNC(=O)NCC1CCSC1. The van der Waals surface area contributed by atoms with Crippen LogP contribution in [0.5, 0.6) is 0 Å². The van der Waals surface area contributed by atoms with Gasteiger partial charge in [-0.05, 0) is 23.8 Å². The Bertz CT molecular complexity index is 134. The maximum absolute atomic E-state index is 10.7. The monoisotopic (exact) mass is 174 g/mol. The van der Waals surface area contributed by atoms with Gasteiger partial charge in [-0.1, -0.05) is 0 Å². The number of hydrogen-bond donors (Lipinski definition) is 2. The summed E-state index contributed by atoms with van der Waals surface area (Å²) in [7, 11) is 1.64. The molecule has 64 valence electrons. The van der Waals surface area contributed by atoms with Gasteiger partial charge in [0, 0.05) is 13.6 Å². The molecule has 0 aromatic rings. The number of urea groups is 1. The van der Waals surface area contributed by atoms with Crippen molar-refractivity contribution >= 4 is 17.8 Å². The molecule has 11 heavy (non-hydrogen) atoms. The molecule has 0 aromatic carbocycles. The molecule has 2 N–H and O–H groups in total. The standard InChI is InChI=1S/C7H14N2OS/c1-8-7(10)9-4-6-2-3-11-5-6/h6H,2-5H2,1H3,(H2,8,9,10). The van der Waals surface area contributed by atoms with Crippen molar-refractivity contribution in [3.8, 4) is 0 Å². The predicted octanol–water partition coefficient (Wildman–Crippen LogP) is 0.668. The molecule has 1 unspecified atom stereocenters. The highest BCUT2D eigenvalue weighted by Crippen LogP contribution is 2.22. The Hall–Kier alpha value is -0.380. The number of carbonyl (C=O) groups is 1. The number of nitrogens with one attached hydrogen (secondary N) is 2. The molecule has 1 aliphatic heterocycles. The van der Waals surface area contributed by atoms with Crippen LogP contribution >= 0.6 is 11.8 Å². The lowest BCUT2D eigenvalue weighted by molar-refractivity contribution is 0.241. The molecule has 4 heteroatoms. The van der Waals surface area contributed by atoms with Gasteiger partial charge in [0.1, 0.15) is 0 Å². The molecular formula is C7H14N2OS. The molecule has 1 fully saturated rings. The van der Waals surface area contributed by atoms with Crippen molar-refractivity contribution in [1.82, 2.24) is 10.6 Å². The van der Waals surface area contributed by atoms with E-state index in [-0.39, 0.29) is 6.03 Å². The van der Waals surface area contributed by atoms with Gasteiger partial charge in [0.15, 0.2) is 0 Å². The molecule has 0 aliphatic carbocycles. The maximum Gasteiger partial charge on any atom is 0.314 e. The average Bonchev–Trinajstić information content (AvgIpc) is 2.52. The van der Waals surface area contributed by atoms with Crippen LogP contribution in [0.1, 0.15) is 6.42 Å². The lowest BCUT2D eigenvalue weighted by Gasteiger charge is -2.08. The van der Waals surface area contributed by atoms with Crippen LogP contribution in [0.25, 0.3) is 0 Å². The fraction of sp³-hybridized carbons (Fsp3) is 0.857. The second-order valence-corrected chi connectivity index (χ2v) is 3.84. The summed E-state index contributed by atoms with van der Waals surface area (Å²) in [6, 6.07) is -0.0677. The van der Waals surface area contributed by atoms with Gasteiger partial charge in [-0.2, -0.15) is 11.8 Å². The van der Waals surface area contributed by atoms with Crippen LogP contribution in [0.15, 0.2) is 0 Å². The van der Waals surface area contributed by atoms with E-state index < -0.39 is 0 Å². The Labute approximate surface area is 71.3 Å². The van der Waals surface area contributed by atoms with E-state index >= 15 is 0 Å². The summed E-state index contributed by atoms with van der Waals surface area (Å²) in [5.74, 6) is 3.14. The van der Waals surface area contributed by atoms with E-state index in [1.165, 1.54) is 17.9 Å². The minimum atomic E-state index is -0.0677. The van der Waals surface area contributed by atoms with Crippen LogP contribution in [-0.4, -0.2) is 31.1 Å². The topological polar surface area (TPSA) is 41.1 Å². The van der Waals surface area contributed by atoms with Gasteiger partial charge in [0.25, 0.3) is 0 Å². The number of hydrogen-bond acceptors (Lipinski definition) is 2. The molecule has 1 atom stereocenters. The lowest BCUT2D eigenvalue weighted by atomic mass is 10.1. The van der Waals surface area contributed by atoms with Gasteiger partial charge >= 0.3 is 6.03 Å². The number of carbonyl (C=O) groups excluding carboxylic acids is 1. The van der Waals surface area contributed by atoms with Crippen molar-refractivity contribution < 1.29 is 4.79 Å². The highest BCUT2D eigenvalue weighted by atomic mass is 32.2. The molecule has 0 radical (unpaired) electrons. The van der Waals surface area contributed by atoms with Crippen LogP contribution in [0.3, 0.4) is 0 Å². The number of thioether (sulfide) groups is 1. The van der Waals surface area contributed by atoms with Crippen LogP contribution < -0.4 is 10.6 Å². The van der Waals surface area contributed by atoms with Crippen LogP contribution in [0.4, 0.5) is 4.79 Å². The van der Waals surface area contributed by atoms with Crippen molar-refractivity contribution in [3.63, 3.8) is 0 Å². The quantitative estimate of drug-likeness (QED) is 0.646. The fourth-order valence-electron chi connectivity index (χ4n) is 1.07. The van der Waals surface area contributed by atoms with Gasteiger partial charge in [-0.3, -0.25) is 0 Å². The predicted molar refractivity (Wildman–Crippen MR) is 47.9 cm³/mol. The smallest absolute Gasteiger partial charge is 0.314 e. The Kier molecular flexibility index (Phi) is 3.56. The Morgan fingerprint density at radius 3 is 3.09 bits per heavy atom. The first-order chi connectivity index (χ1) is 5.33. The van der Waals surface area contributed by atoms with E-state index in [1.807, 2.05) is 11.8 Å². The number of amides is 2. The normalized spacial score (nSPS) is 23.2. The largest absolute Gasteiger partial charge is 0.341 e. The maximum atomic E-state index is 10.7. The molecule has 0 spiro atoms. The second kappa shape index (κ2) is 4.49. The van der Waals surface area contributed by atoms with Crippen LogP contribution in [0.2, 0.25) is 0 Å². The second-order valence-electron chi connectivity index (χ2n) is 2.69. The minimum absolute atomic E-state index is 0.0677. The lowest BCUT2D eigenvalue weighted by Crippen LogP contribution is -2.36. The summed E-state index contributed by atoms with van der Waals surface area (Å²) in [4.78, 5) is 10.7. The summed E-state index contributed by atoms with van der Waals surface area (Å²) in [5.41, 5.74) is 0. The van der Waals surface area contributed by atoms with Gasteiger partial charge in [-0.15, -0.1) is 0 Å². The first-order valence-corrected chi connectivity index (χ1v) is 5.01. The van der Waals surface area contributed by atoms with Gasteiger partial charge in [0.2, 0.25) is 0 Å². The van der Waals surface area contributed by atoms with Crippen molar-refractivity contribution in [2.75, 3.05) is 25.1 Å². The first-order valence-electron chi connectivity index (χ1n) is 3.86. The Morgan fingerprint density at radius 1 is 1.73 bits per heavy atom. The molecular weight excluding hydrogens is 160 g/mol. The van der Waals surface area contributed by atoms with Crippen LogP contribution in [-0.2, 0) is 0 Å². The molecule has 0 saturated carbocycles. The van der Waals surface area contributed by atoms with Crippen molar-refractivity contribution in [3.05, 3.63) is 0 Å². The van der Waals surface area contributed by atoms with Crippen molar-refractivity contribution in [2.45, 2.75) is 6.42 Å². The summed E-state index contributed by atoms with van der Waals surface area (Å²) in [5, 5.41) is 5.34.